The van der Waals surface area contributed by atoms with Crippen LogP contribution >= 0.6 is 0 Å². The van der Waals surface area contributed by atoms with E-state index in [-0.39, 0.29) is 0 Å². The highest BCUT2D eigenvalue weighted by Gasteiger charge is 2.09. The van der Waals surface area contributed by atoms with Crippen LogP contribution in [0.4, 0.5) is 0 Å². The van der Waals surface area contributed by atoms with Gasteiger partial charge in [0.25, 0.3) is 0 Å². The molecule has 1 heteroatoms. The molecule has 0 unspecified atom stereocenters. The van der Waals surface area contributed by atoms with E-state index in [4.69, 9.17) is 5.26 Å². The average molecular weight is 173 g/mol. The van der Waals surface area contributed by atoms with Crippen molar-refractivity contribution in [3.8, 4) is 6.07 Å². The van der Waals surface area contributed by atoms with E-state index < -0.39 is 0 Å². The van der Waals surface area contributed by atoms with Crippen molar-refractivity contribution in [1.29, 1.82) is 5.26 Å². The largest absolute Gasteiger partial charge is 0.192 e. The summed E-state index contributed by atoms with van der Waals surface area (Å²) in [5.74, 6) is 0. The van der Waals surface area contributed by atoms with Gasteiger partial charge in [-0.1, -0.05) is 19.9 Å². The van der Waals surface area contributed by atoms with Crippen LogP contribution in [0, 0.1) is 11.3 Å². The van der Waals surface area contributed by atoms with E-state index in [2.05, 4.69) is 12.1 Å². The minimum absolute atomic E-state index is 0.797. The topological polar surface area (TPSA) is 23.8 Å². The highest BCUT2D eigenvalue weighted by atomic mass is 14.2. The van der Waals surface area contributed by atoms with E-state index in [1.54, 1.807) is 0 Å². The third-order valence-corrected chi connectivity index (χ3v) is 2.23. The van der Waals surface area contributed by atoms with Crippen LogP contribution in [0.3, 0.4) is 0 Å². The second kappa shape index (κ2) is 4.67. The van der Waals surface area contributed by atoms with Gasteiger partial charge in [-0.2, -0.15) is 5.26 Å². The Hall–Kier alpha value is -1.29. The predicted molar refractivity (Wildman–Crippen MR) is 54.5 cm³/mol. The van der Waals surface area contributed by atoms with E-state index in [1.165, 1.54) is 24.0 Å². The molecule has 1 aromatic rings. The number of hydrogen-bond acceptors (Lipinski definition) is 1. The molecule has 1 aliphatic rings. The molecule has 0 saturated heterocycles. The number of benzene rings is 1. The first-order valence-electron chi connectivity index (χ1n) is 4.92. The van der Waals surface area contributed by atoms with Gasteiger partial charge in [-0.05, 0) is 42.5 Å². The minimum atomic E-state index is 0.797. The van der Waals surface area contributed by atoms with Crippen molar-refractivity contribution in [3.05, 3.63) is 34.9 Å². The van der Waals surface area contributed by atoms with E-state index in [9.17, 15) is 0 Å². The molecular weight excluding hydrogens is 158 g/mol. The maximum Gasteiger partial charge on any atom is 0.0991 e. The van der Waals surface area contributed by atoms with Crippen LogP contribution in [0.2, 0.25) is 0 Å². The van der Waals surface area contributed by atoms with Gasteiger partial charge >= 0.3 is 0 Å². The first-order valence-corrected chi connectivity index (χ1v) is 4.92. The maximum absolute atomic E-state index is 8.62. The maximum atomic E-state index is 8.62. The molecule has 0 fully saturated rings. The third kappa shape index (κ3) is 2.09. The Kier molecular flexibility index (Phi) is 3.52. The Bertz CT molecular complexity index is 320. The zero-order chi connectivity index (χ0) is 9.68. The Labute approximate surface area is 80.0 Å². The van der Waals surface area contributed by atoms with Gasteiger partial charge in [0.2, 0.25) is 0 Å². The number of fused-ring (bicyclic) bond motifs is 1. The highest BCUT2D eigenvalue weighted by molar-refractivity contribution is 5.40. The fourth-order valence-electron chi connectivity index (χ4n) is 1.64. The van der Waals surface area contributed by atoms with Crippen LogP contribution in [0.5, 0.6) is 0 Å². The van der Waals surface area contributed by atoms with Crippen molar-refractivity contribution in [2.24, 2.45) is 0 Å². The smallest absolute Gasteiger partial charge is 0.0991 e. The number of nitrogens with zero attached hydrogens (tertiary/aromatic N) is 1. The van der Waals surface area contributed by atoms with Crippen molar-refractivity contribution in [1.82, 2.24) is 0 Å². The summed E-state index contributed by atoms with van der Waals surface area (Å²) in [5.41, 5.74) is 3.61. The lowest BCUT2D eigenvalue weighted by Gasteiger charge is -1.96. The van der Waals surface area contributed by atoms with Gasteiger partial charge in [0.15, 0.2) is 0 Å². The summed E-state index contributed by atoms with van der Waals surface area (Å²) >= 11 is 0. The Morgan fingerprint density at radius 1 is 1.15 bits per heavy atom. The molecule has 2 rings (SSSR count). The van der Waals surface area contributed by atoms with Crippen LogP contribution in [0.25, 0.3) is 0 Å². The normalized spacial score (nSPS) is 12.4. The predicted octanol–water partition coefficient (Wildman–Crippen LogP) is 3.07. The Balaban J connectivity index is 0.000000396. The summed E-state index contributed by atoms with van der Waals surface area (Å²) in [6, 6.07) is 8.16. The summed E-state index contributed by atoms with van der Waals surface area (Å²) in [4.78, 5) is 0. The van der Waals surface area contributed by atoms with Crippen molar-refractivity contribution < 1.29 is 0 Å². The molecule has 0 bridgehead atoms. The fourth-order valence-corrected chi connectivity index (χ4v) is 1.64. The monoisotopic (exact) mass is 173 g/mol. The molecule has 13 heavy (non-hydrogen) atoms. The fraction of sp³-hybridized carbons (Fsp3) is 0.417. The Morgan fingerprint density at radius 2 is 1.85 bits per heavy atom. The SMILES string of the molecule is CC.N#Cc1ccc2c(c1)CCC2. The summed E-state index contributed by atoms with van der Waals surface area (Å²) in [5, 5.41) is 8.62. The molecule has 1 nitrogen and oxygen atoms in total. The highest BCUT2D eigenvalue weighted by Crippen LogP contribution is 2.22. The lowest BCUT2D eigenvalue weighted by molar-refractivity contribution is 0.912. The average Bonchev–Trinajstić information content (AvgIpc) is 2.67. The number of rotatable bonds is 0. The second-order valence-corrected chi connectivity index (χ2v) is 2.95. The molecule has 0 heterocycles. The second-order valence-electron chi connectivity index (χ2n) is 2.95. The molecule has 1 aromatic carbocycles. The van der Waals surface area contributed by atoms with Gasteiger partial charge in [0.1, 0.15) is 0 Å². The van der Waals surface area contributed by atoms with Crippen molar-refractivity contribution in [2.45, 2.75) is 33.1 Å². The molecule has 0 saturated carbocycles. The van der Waals surface area contributed by atoms with E-state index in [0.717, 1.165) is 12.0 Å². The summed E-state index contributed by atoms with van der Waals surface area (Å²) in [6.45, 7) is 4.00. The molecule has 0 N–H and O–H groups in total. The number of nitriles is 1. The van der Waals surface area contributed by atoms with Gasteiger partial charge in [0.05, 0.1) is 11.6 Å². The number of aryl methyl sites for hydroxylation is 2. The molecule has 0 amide bonds. The molecule has 1 aliphatic carbocycles. The van der Waals surface area contributed by atoms with Crippen molar-refractivity contribution in [2.75, 3.05) is 0 Å². The first-order chi connectivity index (χ1) is 6.40. The molecule has 0 radical (unpaired) electrons. The molecule has 0 aromatic heterocycles. The van der Waals surface area contributed by atoms with E-state index >= 15 is 0 Å². The van der Waals surface area contributed by atoms with Crippen LogP contribution < -0.4 is 0 Å². The standard InChI is InChI=1S/C10H9N.C2H6/c11-7-8-4-5-9-2-1-3-10(9)6-8;1-2/h4-6H,1-3H2;1-2H3. The van der Waals surface area contributed by atoms with Gasteiger partial charge in [0, 0.05) is 0 Å². The number of hydrogen-bond donors (Lipinski definition) is 0. The van der Waals surface area contributed by atoms with Crippen molar-refractivity contribution in [3.63, 3.8) is 0 Å². The molecular formula is C12H15N. The van der Waals surface area contributed by atoms with E-state index in [0.29, 0.717) is 0 Å². The quantitative estimate of drug-likeness (QED) is 0.591. The lowest BCUT2D eigenvalue weighted by Crippen LogP contribution is -1.82. The van der Waals surface area contributed by atoms with Gasteiger partial charge in [-0.3, -0.25) is 0 Å². The van der Waals surface area contributed by atoms with Gasteiger partial charge < -0.3 is 0 Å². The van der Waals surface area contributed by atoms with Gasteiger partial charge in [-0.25, -0.2) is 0 Å². The van der Waals surface area contributed by atoms with E-state index in [1.807, 2.05) is 26.0 Å². The third-order valence-electron chi connectivity index (χ3n) is 2.23. The zero-order valence-corrected chi connectivity index (χ0v) is 8.30. The summed E-state index contributed by atoms with van der Waals surface area (Å²) < 4.78 is 0. The minimum Gasteiger partial charge on any atom is -0.192 e. The summed E-state index contributed by atoms with van der Waals surface area (Å²) in [7, 11) is 0. The molecule has 0 spiro atoms. The van der Waals surface area contributed by atoms with Crippen LogP contribution in [-0.2, 0) is 12.8 Å². The molecule has 0 atom stereocenters. The molecule has 68 valence electrons. The van der Waals surface area contributed by atoms with Crippen LogP contribution in [-0.4, -0.2) is 0 Å². The van der Waals surface area contributed by atoms with Gasteiger partial charge in [-0.15, -0.1) is 0 Å². The van der Waals surface area contributed by atoms with Crippen molar-refractivity contribution >= 4 is 0 Å². The summed E-state index contributed by atoms with van der Waals surface area (Å²) in [6.07, 6.45) is 3.61. The Morgan fingerprint density at radius 3 is 2.54 bits per heavy atom. The van der Waals surface area contributed by atoms with Crippen LogP contribution in [0.1, 0.15) is 37.0 Å². The zero-order valence-electron chi connectivity index (χ0n) is 8.30. The lowest BCUT2D eigenvalue weighted by atomic mass is 10.1. The van der Waals surface area contributed by atoms with Crippen LogP contribution in [0.15, 0.2) is 18.2 Å². The first kappa shape index (κ1) is 9.80. The molecule has 0 aliphatic heterocycles.